The summed E-state index contributed by atoms with van der Waals surface area (Å²) in [5.41, 5.74) is 5.56. The van der Waals surface area contributed by atoms with Gasteiger partial charge in [-0.25, -0.2) is 4.99 Å². The van der Waals surface area contributed by atoms with Crippen LogP contribution in [-0.2, 0) is 9.53 Å². The van der Waals surface area contributed by atoms with Crippen molar-refractivity contribution in [2.45, 2.75) is 12.1 Å². The maximum Gasteiger partial charge on any atom is 0.430 e. The Morgan fingerprint density at radius 2 is 1.61 bits per heavy atom. The van der Waals surface area contributed by atoms with Crippen LogP contribution in [0, 0.1) is 5.92 Å². The molecule has 3 aromatic rings. The summed E-state index contributed by atoms with van der Waals surface area (Å²) in [6, 6.07) is 19.7. The highest BCUT2D eigenvalue weighted by Gasteiger charge is 2.41. The molecular formula is C30H27ClF3N3O4. The molecule has 1 aliphatic heterocycles. The summed E-state index contributed by atoms with van der Waals surface area (Å²) in [6.07, 6.45) is -4.04. The summed E-state index contributed by atoms with van der Waals surface area (Å²) in [4.78, 5) is 31.9. The Hall–Kier alpha value is -4.31. The van der Waals surface area contributed by atoms with Crippen molar-refractivity contribution in [3.8, 4) is 5.75 Å². The molecule has 2 N–H and O–H groups in total. The van der Waals surface area contributed by atoms with Gasteiger partial charge in [0.05, 0.1) is 36.6 Å². The molecular weight excluding hydrogens is 559 g/mol. The van der Waals surface area contributed by atoms with Crippen LogP contribution in [0.3, 0.4) is 0 Å². The normalized spacial score (nSPS) is 17.9. The number of alkyl halides is 3. The molecule has 0 saturated carbocycles. The molecule has 1 heterocycles. The molecule has 0 spiro atoms. The number of aliphatic imine (C=N–C) groups is 1. The first-order valence-corrected chi connectivity index (χ1v) is 12.9. The van der Waals surface area contributed by atoms with Gasteiger partial charge in [0.25, 0.3) is 5.91 Å². The number of likely N-dealkylation sites (tertiary alicyclic amines) is 1. The van der Waals surface area contributed by atoms with Gasteiger partial charge in [-0.15, -0.1) is 0 Å². The van der Waals surface area contributed by atoms with Crippen LogP contribution in [-0.4, -0.2) is 56.0 Å². The van der Waals surface area contributed by atoms with E-state index in [2.05, 4.69) is 4.99 Å². The molecule has 7 nitrogen and oxygen atoms in total. The lowest BCUT2D eigenvalue weighted by Gasteiger charge is -2.17. The number of nitrogens with two attached hydrogens (primary N) is 1. The van der Waals surface area contributed by atoms with E-state index in [0.29, 0.717) is 11.3 Å². The van der Waals surface area contributed by atoms with Gasteiger partial charge in [0.15, 0.2) is 0 Å². The fraction of sp³-hybridized carbons (Fsp3) is 0.233. The van der Waals surface area contributed by atoms with Crippen molar-refractivity contribution in [1.82, 2.24) is 4.90 Å². The van der Waals surface area contributed by atoms with Gasteiger partial charge >= 0.3 is 12.1 Å². The minimum atomic E-state index is -4.76. The third kappa shape index (κ3) is 6.89. The van der Waals surface area contributed by atoms with E-state index in [0.717, 1.165) is 11.6 Å². The number of nitrogens with zero attached hydrogens (tertiary/aromatic N) is 2. The van der Waals surface area contributed by atoms with Gasteiger partial charge in [-0.2, -0.15) is 13.2 Å². The topological polar surface area (TPSA) is 94.2 Å². The lowest BCUT2D eigenvalue weighted by Crippen LogP contribution is -2.30. The molecule has 11 heteroatoms. The van der Waals surface area contributed by atoms with Crippen LogP contribution < -0.4 is 10.5 Å². The van der Waals surface area contributed by atoms with Crippen molar-refractivity contribution in [2.75, 3.05) is 27.3 Å². The van der Waals surface area contributed by atoms with Crippen LogP contribution in [0.1, 0.15) is 27.4 Å². The Labute approximate surface area is 240 Å². The predicted octanol–water partition coefficient (Wildman–Crippen LogP) is 5.90. The lowest BCUT2D eigenvalue weighted by molar-refractivity contribution is -0.145. The SMILES string of the molecule is COC(=O)[C@@H]1CN(C(=O)c2ccc(C(/C=C(\N)C(F)(F)F)=Nc3ccccc3Cl)cc2)C[C@H]1c1ccc(OC)cc1. The van der Waals surface area contributed by atoms with Crippen molar-refractivity contribution < 1.29 is 32.2 Å². The van der Waals surface area contributed by atoms with Crippen LogP contribution in [0.15, 0.2) is 89.6 Å². The Balaban J connectivity index is 1.62. The average Bonchev–Trinajstić information content (AvgIpc) is 3.42. The standard InChI is InChI=1S/C30H27ClF3N3O4/c1-40-21-13-11-18(12-14-21)22-16-37(17-23(22)29(39)41-2)28(38)20-9-7-19(8-10-20)26(15-27(35)30(32,33)34)36-25-6-4-3-5-24(25)31/h3-15,22-23H,16-17,35H2,1-2H3/b27-15-,36-26?/t22-,23+/m0/s1. The van der Waals surface area contributed by atoms with Crippen LogP contribution in [0.2, 0.25) is 5.02 Å². The fourth-order valence-electron chi connectivity index (χ4n) is 4.60. The fourth-order valence-corrected chi connectivity index (χ4v) is 4.77. The number of hydrogen-bond donors (Lipinski definition) is 1. The summed E-state index contributed by atoms with van der Waals surface area (Å²) >= 11 is 6.17. The Morgan fingerprint density at radius 1 is 0.976 bits per heavy atom. The highest BCUT2D eigenvalue weighted by Crippen LogP contribution is 2.35. The van der Waals surface area contributed by atoms with E-state index in [1.807, 2.05) is 12.1 Å². The number of allylic oxidation sites excluding steroid dienone is 2. The van der Waals surface area contributed by atoms with Crippen LogP contribution in [0.4, 0.5) is 18.9 Å². The molecule has 0 bridgehead atoms. The summed E-state index contributed by atoms with van der Waals surface area (Å²) < 4.78 is 49.9. The number of halogens is 4. The average molecular weight is 586 g/mol. The number of carbonyl (C=O) groups is 2. The predicted molar refractivity (Wildman–Crippen MR) is 150 cm³/mol. The number of esters is 1. The van der Waals surface area contributed by atoms with E-state index < -0.39 is 23.8 Å². The quantitative estimate of drug-likeness (QED) is 0.275. The maximum atomic E-state index is 13.4. The number of hydrogen-bond acceptors (Lipinski definition) is 6. The van der Waals surface area contributed by atoms with E-state index in [9.17, 15) is 22.8 Å². The molecule has 1 amide bonds. The molecule has 4 rings (SSSR count). The number of benzene rings is 3. The summed E-state index contributed by atoms with van der Waals surface area (Å²) in [7, 11) is 2.86. The molecule has 2 atom stereocenters. The molecule has 3 aromatic carbocycles. The summed E-state index contributed by atoms with van der Waals surface area (Å²) in [6.45, 7) is 0.421. The Bertz CT molecular complexity index is 1470. The number of carbonyl (C=O) groups excluding carboxylic acids is 2. The van der Waals surface area contributed by atoms with Gasteiger partial charge in [0.2, 0.25) is 0 Å². The molecule has 0 aromatic heterocycles. The van der Waals surface area contributed by atoms with Crippen molar-refractivity contribution in [1.29, 1.82) is 0 Å². The largest absolute Gasteiger partial charge is 0.497 e. The lowest BCUT2D eigenvalue weighted by atomic mass is 9.89. The first-order chi connectivity index (χ1) is 19.5. The third-order valence-electron chi connectivity index (χ3n) is 6.80. The van der Waals surface area contributed by atoms with Gasteiger partial charge in [0.1, 0.15) is 11.4 Å². The molecule has 0 radical (unpaired) electrons. The third-order valence-corrected chi connectivity index (χ3v) is 7.12. The zero-order chi connectivity index (χ0) is 29.7. The van der Waals surface area contributed by atoms with E-state index >= 15 is 0 Å². The second kappa shape index (κ2) is 12.5. The molecule has 0 unspecified atom stereocenters. The van der Waals surface area contributed by atoms with Gasteiger partial charge in [-0.1, -0.05) is 48.0 Å². The van der Waals surface area contributed by atoms with Crippen LogP contribution in [0.5, 0.6) is 5.75 Å². The van der Waals surface area contributed by atoms with Gasteiger partial charge < -0.3 is 20.1 Å². The maximum absolute atomic E-state index is 13.4. The van der Waals surface area contributed by atoms with Crippen molar-refractivity contribution in [2.24, 2.45) is 16.6 Å². The van der Waals surface area contributed by atoms with Crippen molar-refractivity contribution in [3.63, 3.8) is 0 Å². The molecule has 1 aliphatic rings. The van der Waals surface area contributed by atoms with E-state index in [4.69, 9.17) is 26.8 Å². The van der Waals surface area contributed by atoms with E-state index in [1.165, 1.54) is 31.4 Å². The molecule has 1 fully saturated rings. The molecule has 0 aliphatic carbocycles. The minimum Gasteiger partial charge on any atom is -0.497 e. The zero-order valence-electron chi connectivity index (χ0n) is 22.2. The van der Waals surface area contributed by atoms with E-state index in [-0.39, 0.29) is 46.9 Å². The molecule has 41 heavy (non-hydrogen) atoms. The summed E-state index contributed by atoms with van der Waals surface area (Å²) in [5, 5.41) is 0.247. The smallest absolute Gasteiger partial charge is 0.430 e. The van der Waals surface area contributed by atoms with Crippen LogP contribution in [0.25, 0.3) is 0 Å². The second-order valence-corrected chi connectivity index (χ2v) is 9.75. The van der Waals surface area contributed by atoms with Crippen molar-refractivity contribution >= 4 is 34.9 Å². The second-order valence-electron chi connectivity index (χ2n) is 9.34. The van der Waals surface area contributed by atoms with Crippen LogP contribution >= 0.6 is 11.6 Å². The Morgan fingerprint density at radius 3 is 2.20 bits per heavy atom. The first kappa shape index (κ1) is 29.7. The van der Waals surface area contributed by atoms with Gasteiger partial charge in [-0.05, 0) is 48.0 Å². The van der Waals surface area contributed by atoms with Gasteiger partial charge in [-0.3, -0.25) is 9.59 Å². The zero-order valence-corrected chi connectivity index (χ0v) is 22.9. The molecule has 1 saturated heterocycles. The molecule has 214 valence electrons. The highest BCUT2D eigenvalue weighted by molar-refractivity contribution is 6.33. The number of rotatable bonds is 7. The number of amides is 1. The van der Waals surface area contributed by atoms with Crippen molar-refractivity contribution in [3.05, 3.63) is 106 Å². The first-order valence-electron chi connectivity index (χ1n) is 12.5. The number of ether oxygens (including phenoxy) is 2. The van der Waals surface area contributed by atoms with Gasteiger partial charge in [0, 0.05) is 30.1 Å². The number of para-hydroxylation sites is 1. The summed E-state index contributed by atoms with van der Waals surface area (Å²) in [5.74, 6) is -0.955. The monoisotopic (exact) mass is 585 g/mol. The highest BCUT2D eigenvalue weighted by atomic mass is 35.5. The minimum absolute atomic E-state index is 0.0848. The Kier molecular flexibility index (Phi) is 9.02. The number of methoxy groups -OCH3 is 2. The van der Waals surface area contributed by atoms with E-state index in [1.54, 1.807) is 48.4 Å².